The molecule has 0 spiro atoms. The van der Waals surface area contributed by atoms with E-state index in [0.29, 0.717) is 12.3 Å². The summed E-state index contributed by atoms with van der Waals surface area (Å²) in [4.78, 5) is 4.96. The van der Waals surface area contributed by atoms with Gasteiger partial charge in [-0.25, -0.2) is 0 Å². The number of ether oxygens (including phenoxy) is 1. The van der Waals surface area contributed by atoms with Crippen molar-refractivity contribution in [3.8, 4) is 0 Å². The van der Waals surface area contributed by atoms with Crippen LogP contribution in [-0.4, -0.2) is 41.3 Å². The highest BCUT2D eigenvalue weighted by atomic mass is 16.5. The van der Waals surface area contributed by atoms with E-state index < -0.39 is 0 Å². The maximum atomic E-state index is 6.15. The summed E-state index contributed by atoms with van der Waals surface area (Å²) in [6.45, 7) is 2.11. The van der Waals surface area contributed by atoms with Crippen LogP contribution in [-0.2, 0) is 4.74 Å². The third kappa shape index (κ3) is 1.28. The zero-order valence-electron chi connectivity index (χ0n) is 9.51. The average molecular weight is 218 g/mol. The highest BCUT2D eigenvalue weighted by molar-refractivity contribution is 5.18. The first-order chi connectivity index (χ1) is 7.90. The molecule has 3 heteroatoms. The van der Waals surface area contributed by atoms with Crippen LogP contribution in [0.1, 0.15) is 25.7 Å². The van der Waals surface area contributed by atoms with Crippen molar-refractivity contribution < 1.29 is 4.74 Å². The first-order valence-electron chi connectivity index (χ1n) is 6.44. The molecule has 4 aliphatic rings. The lowest BCUT2D eigenvalue weighted by Crippen LogP contribution is -2.57. The Hall–Kier alpha value is -0.800. The number of fused-ring (bicyclic) bond motifs is 5. The first kappa shape index (κ1) is 9.25. The predicted molar refractivity (Wildman–Crippen MR) is 61.6 cm³/mol. The molecule has 2 saturated heterocycles. The Morgan fingerprint density at radius 1 is 1.31 bits per heavy atom. The van der Waals surface area contributed by atoms with Crippen molar-refractivity contribution in [1.82, 2.24) is 9.80 Å². The van der Waals surface area contributed by atoms with Gasteiger partial charge in [0.1, 0.15) is 6.23 Å². The molecule has 1 aliphatic carbocycles. The molecule has 0 aromatic heterocycles. The van der Waals surface area contributed by atoms with E-state index in [0.717, 1.165) is 25.6 Å². The fourth-order valence-corrected chi connectivity index (χ4v) is 3.55. The topological polar surface area (TPSA) is 15.7 Å². The molecule has 1 saturated carbocycles. The Balaban J connectivity index is 1.62. The van der Waals surface area contributed by atoms with E-state index in [2.05, 4.69) is 28.2 Å². The third-order valence-corrected chi connectivity index (χ3v) is 4.39. The van der Waals surface area contributed by atoms with Crippen LogP contribution < -0.4 is 0 Å². The highest BCUT2D eigenvalue weighted by Gasteiger charge is 2.44. The lowest BCUT2D eigenvalue weighted by molar-refractivity contribution is -0.153. The van der Waals surface area contributed by atoms with Crippen molar-refractivity contribution >= 4 is 0 Å². The van der Waals surface area contributed by atoms with Gasteiger partial charge in [0.2, 0.25) is 0 Å². The number of rotatable bonds is 0. The molecule has 3 aliphatic heterocycles. The van der Waals surface area contributed by atoms with Gasteiger partial charge in [-0.05, 0) is 25.7 Å². The molecule has 0 N–H and O–H groups in total. The zero-order chi connectivity index (χ0) is 10.5. The summed E-state index contributed by atoms with van der Waals surface area (Å²) in [6, 6.07) is 0.790. The van der Waals surface area contributed by atoms with Crippen molar-refractivity contribution in [3.63, 3.8) is 0 Å². The summed E-state index contributed by atoms with van der Waals surface area (Å²) in [5, 5.41) is 0. The molecule has 0 amide bonds. The molecular weight excluding hydrogens is 200 g/mol. The van der Waals surface area contributed by atoms with Crippen LogP contribution >= 0.6 is 0 Å². The number of hydrogen-bond acceptors (Lipinski definition) is 3. The second-order valence-electron chi connectivity index (χ2n) is 5.32. The molecule has 3 unspecified atom stereocenters. The Bertz CT molecular complexity index is 363. The molecule has 0 radical (unpaired) electrons. The minimum absolute atomic E-state index is 0.339. The van der Waals surface area contributed by atoms with Crippen LogP contribution in [0.5, 0.6) is 0 Å². The SMILES string of the molecule is C1=CN2CC3OC4CCC(C4)N3CC2=CC1. The Kier molecular flexibility index (Phi) is 1.93. The van der Waals surface area contributed by atoms with Crippen LogP contribution in [0.4, 0.5) is 0 Å². The largest absolute Gasteiger partial charge is 0.358 e. The summed E-state index contributed by atoms with van der Waals surface area (Å²) in [6.07, 6.45) is 12.7. The van der Waals surface area contributed by atoms with Crippen LogP contribution in [0, 0.1) is 0 Å². The van der Waals surface area contributed by atoms with Gasteiger partial charge in [-0.1, -0.05) is 12.2 Å². The van der Waals surface area contributed by atoms with Crippen LogP contribution in [0.15, 0.2) is 24.0 Å². The molecular formula is C13H18N2O. The second kappa shape index (κ2) is 3.34. The summed E-state index contributed by atoms with van der Waals surface area (Å²) in [7, 11) is 0. The third-order valence-electron chi connectivity index (χ3n) is 4.39. The van der Waals surface area contributed by atoms with Crippen LogP contribution in [0.2, 0.25) is 0 Å². The second-order valence-corrected chi connectivity index (χ2v) is 5.32. The minimum Gasteiger partial charge on any atom is -0.358 e. The molecule has 86 valence electrons. The molecule has 3 heterocycles. The van der Waals surface area contributed by atoms with Gasteiger partial charge in [0.25, 0.3) is 0 Å². The molecule has 16 heavy (non-hydrogen) atoms. The van der Waals surface area contributed by atoms with E-state index in [9.17, 15) is 0 Å². The number of allylic oxidation sites excluding steroid dienone is 2. The number of hydrogen-bond donors (Lipinski definition) is 0. The van der Waals surface area contributed by atoms with Gasteiger partial charge in [0.15, 0.2) is 0 Å². The Labute approximate surface area is 96.3 Å². The van der Waals surface area contributed by atoms with Gasteiger partial charge in [-0.2, -0.15) is 0 Å². The van der Waals surface area contributed by atoms with E-state index in [-0.39, 0.29) is 0 Å². The molecule has 3 nitrogen and oxygen atoms in total. The first-order valence-corrected chi connectivity index (χ1v) is 6.44. The fourth-order valence-electron chi connectivity index (χ4n) is 3.55. The minimum atomic E-state index is 0.339. The van der Waals surface area contributed by atoms with Gasteiger partial charge in [-0.3, -0.25) is 4.90 Å². The lowest BCUT2D eigenvalue weighted by atomic mass is 10.1. The molecule has 2 bridgehead atoms. The van der Waals surface area contributed by atoms with Gasteiger partial charge < -0.3 is 9.64 Å². The molecule has 3 atom stereocenters. The highest BCUT2D eigenvalue weighted by Crippen LogP contribution is 2.38. The van der Waals surface area contributed by atoms with Crippen molar-refractivity contribution in [2.45, 2.75) is 44.1 Å². The van der Waals surface area contributed by atoms with Crippen molar-refractivity contribution in [3.05, 3.63) is 24.0 Å². The Morgan fingerprint density at radius 3 is 3.31 bits per heavy atom. The van der Waals surface area contributed by atoms with Gasteiger partial charge in [0, 0.05) is 24.5 Å². The molecule has 4 rings (SSSR count). The smallest absolute Gasteiger partial charge is 0.129 e. The molecule has 0 aromatic rings. The summed E-state index contributed by atoms with van der Waals surface area (Å²) in [5.74, 6) is 0. The summed E-state index contributed by atoms with van der Waals surface area (Å²) in [5.41, 5.74) is 1.48. The van der Waals surface area contributed by atoms with Crippen LogP contribution in [0.25, 0.3) is 0 Å². The molecule has 0 aromatic carbocycles. The normalized spacial score (nSPS) is 41.6. The van der Waals surface area contributed by atoms with Gasteiger partial charge in [-0.15, -0.1) is 0 Å². The molecule has 3 fully saturated rings. The maximum absolute atomic E-state index is 6.15. The summed E-state index contributed by atoms with van der Waals surface area (Å²) < 4.78 is 6.15. The van der Waals surface area contributed by atoms with Crippen molar-refractivity contribution in [1.29, 1.82) is 0 Å². The van der Waals surface area contributed by atoms with E-state index >= 15 is 0 Å². The van der Waals surface area contributed by atoms with Crippen molar-refractivity contribution in [2.24, 2.45) is 0 Å². The standard InChI is InChI=1S/C13H18N2O/c1-2-6-14-9-13-15(8-11(14)3-1)10-4-5-12(7-10)16-13/h2-3,6,10,12-13H,1,4-5,7-9H2. The lowest BCUT2D eigenvalue weighted by Gasteiger charge is -2.48. The van der Waals surface area contributed by atoms with Crippen molar-refractivity contribution in [2.75, 3.05) is 13.1 Å². The quantitative estimate of drug-likeness (QED) is 0.615. The van der Waals surface area contributed by atoms with E-state index in [1.807, 2.05) is 0 Å². The van der Waals surface area contributed by atoms with Gasteiger partial charge in [0.05, 0.1) is 12.6 Å². The predicted octanol–water partition coefficient (Wildman–Crippen LogP) is 1.68. The maximum Gasteiger partial charge on any atom is 0.129 e. The monoisotopic (exact) mass is 218 g/mol. The van der Waals surface area contributed by atoms with E-state index in [1.54, 1.807) is 0 Å². The zero-order valence-corrected chi connectivity index (χ0v) is 9.51. The number of piperazine rings is 1. The van der Waals surface area contributed by atoms with E-state index in [1.165, 1.54) is 25.0 Å². The van der Waals surface area contributed by atoms with E-state index in [4.69, 9.17) is 4.74 Å². The summed E-state index contributed by atoms with van der Waals surface area (Å²) >= 11 is 0. The average Bonchev–Trinajstić information content (AvgIpc) is 2.71. The number of nitrogens with zero attached hydrogens (tertiary/aromatic N) is 2. The van der Waals surface area contributed by atoms with Gasteiger partial charge >= 0.3 is 0 Å². The Morgan fingerprint density at radius 2 is 2.31 bits per heavy atom. The fraction of sp³-hybridized carbons (Fsp3) is 0.692. The van der Waals surface area contributed by atoms with Crippen LogP contribution in [0.3, 0.4) is 0 Å².